The third kappa shape index (κ3) is 11.2. The van der Waals surface area contributed by atoms with E-state index in [-0.39, 0.29) is 18.3 Å². The van der Waals surface area contributed by atoms with Crippen LogP contribution in [-0.2, 0) is 34.8 Å². The van der Waals surface area contributed by atoms with E-state index in [0.29, 0.717) is 37.6 Å². The van der Waals surface area contributed by atoms with Gasteiger partial charge in [0.1, 0.15) is 12.4 Å². The van der Waals surface area contributed by atoms with Crippen molar-refractivity contribution in [2.75, 3.05) is 38.1 Å². The molecule has 0 aliphatic rings. The highest BCUT2D eigenvalue weighted by molar-refractivity contribution is 6.27. The number of aliphatic carboxylic acids is 2. The minimum Gasteiger partial charge on any atom is -0.473 e. The van der Waals surface area contributed by atoms with Crippen LogP contribution < -0.4 is 16.6 Å². The van der Waals surface area contributed by atoms with Gasteiger partial charge in [0, 0.05) is 51.9 Å². The van der Waals surface area contributed by atoms with Gasteiger partial charge in [0.25, 0.3) is 11.2 Å². The molecule has 15 nitrogen and oxygen atoms in total. The second kappa shape index (κ2) is 16.8. The molecule has 1 aromatic heterocycles. The minimum atomic E-state index is -1.82. The zero-order chi connectivity index (χ0) is 31.9. The Morgan fingerprint density at radius 3 is 2.14 bits per heavy atom. The van der Waals surface area contributed by atoms with E-state index < -0.39 is 28.1 Å². The van der Waals surface area contributed by atoms with Crippen LogP contribution in [0.5, 0.6) is 0 Å². The first-order valence-electron chi connectivity index (χ1n) is 13.1. The van der Waals surface area contributed by atoms with E-state index in [1.165, 1.54) is 29.8 Å². The number of benzene rings is 2. The Bertz CT molecular complexity index is 1510. The number of anilines is 1. The van der Waals surface area contributed by atoms with Crippen LogP contribution in [0.4, 0.5) is 11.5 Å². The van der Waals surface area contributed by atoms with Crippen LogP contribution in [0.3, 0.4) is 0 Å². The van der Waals surface area contributed by atoms with Crippen LogP contribution in [-0.4, -0.2) is 79.9 Å². The number of rotatable bonds is 13. The van der Waals surface area contributed by atoms with Gasteiger partial charge in [-0.1, -0.05) is 30.3 Å². The predicted octanol–water partition coefficient (Wildman–Crippen LogP) is 1.35. The number of nitrogens with one attached hydrogen (secondary N) is 1. The summed E-state index contributed by atoms with van der Waals surface area (Å²) >= 11 is 0. The molecule has 0 bridgehead atoms. The maximum absolute atomic E-state index is 12.3. The highest BCUT2D eigenvalue weighted by Gasteiger charge is 2.11. The number of carbonyl (C=O) groups is 3. The highest BCUT2D eigenvalue weighted by Crippen LogP contribution is 2.13. The lowest BCUT2D eigenvalue weighted by atomic mass is 10.1. The number of nitro groups is 1. The van der Waals surface area contributed by atoms with E-state index in [4.69, 9.17) is 24.5 Å². The third-order valence-corrected chi connectivity index (χ3v) is 6.18. The Morgan fingerprint density at radius 2 is 1.56 bits per heavy atom. The van der Waals surface area contributed by atoms with Crippen LogP contribution in [0.15, 0.2) is 70.3 Å². The zero-order valence-electron chi connectivity index (χ0n) is 23.7. The standard InChI is InChI=1S/C26H31N5O6.C2H2O4/c1-28-23(19-24(32)29(2)26(28)34)27-14-16-30(17-18-37-25(33)21-8-4-3-5-9-21)15-6-7-20-10-12-22(13-11-20)31(35)36;3-1(4)2(5)6/h3-5,8-13,19,27H,6-7,14-18H2,1-2H3;(H,3,4)(H,5,6). The van der Waals surface area contributed by atoms with E-state index in [0.717, 1.165) is 23.0 Å². The molecule has 15 heteroatoms. The Hall–Kier alpha value is -5.31. The summed E-state index contributed by atoms with van der Waals surface area (Å²) in [6.45, 7) is 2.43. The molecule has 0 fully saturated rings. The lowest BCUT2D eigenvalue weighted by molar-refractivity contribution is -0.384. The first-order chi connectivity index (χ1) is 20.4. The fraction of sp³-hybridized carbons (Fsp3) is 0.321. The summed E-state index contributed by atoms with van der Waals surface area (Å²) in [5.41, 5.74) is 0.734. The number of esters is 1. The van der Waals surface area contributed by atoms with E-state index in [1.54, 1.807) is 43.4 Å². The summed E-state index contributed by atoms with van der Waals surface area (Å²) in [6.07, 6.45) is 1.52. The second-order valence-electron chi connectivity index (χ2n) is 9.18. The number of ether oxygens (including phenoxy) is 1. The average molecular weight is 600 g/mol. The molecule has 0 saturated carbocycles. The number of nitro benzene ring substituents is 1. The summed E-state index contributed by atoms with van der Waals surface area (Å²) in [7, 11) is 3.02. The van der Waals surface area contributed by atoms with E-state index in [1.807, 2.05) is 6.07 Å². The number of aromatic nitrogens is 2. The molecule has 43 heavy (non-hydrogen) atoms. The van der Waals surface area contributed by atoms with Gasteiger partial charge >= 0.3 is 23.6 Å². The van der Waals surface area contributed by atoms with Crippen LogP contribution >= 0.6 is 0 Å². The molecule has 230 valence electrons. The van der Waals surface area contributed by atoms with Crippen molar-refractivity contribution in [2.45, 2.75) is 12.8 Å². The largest absolute Gasteiger partial charge is 0.473 e. The lowest BCUT2D eigenvalue weighted by Gasteiger charge is -2.23. The molecular weight excluding hydrogens is 566 g/mol. The maximum Gasteiger partial charge on any atom is 0.414 e. The van der Waals surface area contributed by atoms with E-state index >= 15 is 0 Å². The molecule has 3 aromatic rings. The summed E-state index contributed by atoms with van der Waals surface area (Å²) in [5, 5.41) is 28.8. The van der Waals surface area contributed by atoms with Gasteiger partial charge in [-0.15, -0.1) is 0 Å². The molecule has 0 spiro atoms. The molecule has 3 N–H and O–H groups in total. The van der Waals surface area contributed by atoms with Gasteiger partial charge in [-0.05, 0) is 37.1 Å². The Morgan fingerprint density at radius 1 is 0.930 bits per heavy atom. The SMILES string of the molecule is Cn1c(NCCN(CCCc2ccc([N+](=O)[O-])cc2)CCOC(=O)c2ccccc2)cc(=O)n(C)c1=O.O=C(O)C(=O)O. The number of carbonyl (C=O) groups excluding carboxylic acids is 1. The molecule has 0 atom stereocenters. The quantitative estimate of drug-likeness (QED) is 0.110. The van der Waals surface area contributed by atoms with Crippen molar-refractivity contribution in [1.82, 2.24) is 14.0 Å². The second-order valence-corrected chi connectivity index (χ2v) is 9.18. The van der Waals surface area contributed by atoms with Crippen molar-refractivity contribution in [2.24, 2.45) is 14.1 Å². The summed E-state index contributed by atoms with van der Waals surface area (Å²) in [4.78, 5) is 67.1. The number of carboxylic acids is 2. The zero-order valence-corrected chi connectivity index (χ0v) is 23.7. The molecule has 0 unspecified atom stereocenters. The van der Waals surface area contributed by atoms with Gasteiger partial charge in [-0.3, -0.25) is 28.9 Å². The van der Waals surface area contributed by atoms with Crippen LogP contribution in [0.2, 0.25) is 0 Å². The Labute approximate surface area is 245 Å². The number of carboxylic acid groups (broad SMARTS) is 2. The molecule has 2 aromatic carbocycles. The predicted molar refractivity (Wildman–Crippen MR) is 155 cm³/mol. The summed E-state index contributed by atoms with van der Waals surface area (Å²) in [6, 6.07) is 16.6. The van der Waals surface area contributed by atoms with Gasteiger partial charge in [0.2, 0.25) is 0 Å². The van der Waals surface area contributed by atoms with Crippen molar-refractivity contribution in [1.29, 1.82) is 0 Å². The molecule has 3 rings (SSSR count). The van der Waals surface area contributed by atoms with Gasteiger partial charge in [-0.2, -0.15) is 0 Å². The van der Waals surface area contributed by atoms with Gasteiger partial charge < -0.3 is 20.3 Å². The molecule has 0 radical (unpaired) electrons. The fourth-order valence-electron chi connectivity index (χ4n) is 3.80. The average Bonchev–Trinajstić information content (AvgIpc) is 2.99. The van der Waals surface area contributed by atoms with Crippen LogP contribution in [0.25, 0.3) is 0 Å². The van der Waals surface area contributed by atoms with E-state index in [2.05, 4.69) is 10.2 Å². The normalized spacial score (nSPS) is 10.4. The fourth-order valence-corrected chi connectivity index (χ4v) is 3.80. The number of hydrogen-bond acceptors (Lipinski definition) is 10. The smallest absolute Gasteiger partial charge is 0.414 e. The number of hydrogen-bond donors (Lipinski definition) is 3. The van der Waals surface area contributed by atoms with E-state index in [9.17, 15) is 24.5 Å². The molecular formula is C28H33N5O10. The number of non-ortho nitro benzene ring substituents is 1. The molecule has 0 aliphatic carbocycles. The van der Waals surface area contributed by atoms with Crippen molar-refractivity contribution < 1.29 is 34.3 Å². The summed E-state index contributed by atoms with van der Waals surface area (Å²) in [5.74, 6) is -3.61. The first-order valence-corrected chi connectivity index (χ1v) is 13.1. The van der Waals surface area contributed by atoms with Crippen molar-refractivity contribution in [3.05, 3.63) is 103 Å². The van der Waals surface area contributed by atoms with Gasteiger partial charge in [0.05, 0.1) is 10.5 Å². The van der Waals surface area contributed by atoms with Crippen molar-refractivity contribution in [3.8, 4) is 0 Å². The molecule has 0 amide bonds. The molecule has 0 aliphatic heterocycles. The maximum atomic E-state index is 12.3. The minimum absolute atomic E-state index is 0.0572. The highest BCUT2D eigenvalue weighted by atomic mass is 16.6. The van der Waals surface area contributed by atoms with Crippen molar-refractivity contribution in [3.63, 3.8) is 0 Å². The van der Waals surface area contributed by atoms with Gasteiger partial charge in [-0.25, -0.2) is 19.2 Å². The van der Waals surface area contributed by atoms with Gasteiger partial charge in [0.15, 0.2) is 0 Å². The van der Waals surface area contributed by atoms with Crippen LogP contribution in [0, 0.1) is 10.1 Å². The Balaban J connectivity index is 0.000000973. The topological polar surface area (TPSA) is 203 Å². The first kappa shape index (κ1) is 33.9. The summed E-state index contributed by atoms with van der Waals surface area (Å²) < 4.78 is 7.85. The molecule has 0 saturated heterocycles. The molecule has 1 heterocycles. The number of aryl methyl sites for hydroxylation is 1. The van der Waals surface area contributed by atoms with Crippen molar-refractivity contribution >= 4 is 29.4 Å². The Kier molecular flexibility index (Phi) is 13.3. The van der Waals surface area contributed by atoms with Crippen LogP contribution in [0.1, 0.15) is 22.3 Å². The number of nitrogens with zero attached hydrogens (tertiary/aromatic N) is 4. The lowest BCUT2D eigenvalue weighted by Crippen LogP contribution is -2.38. The monoisotopic (exact) mass is 599 g/mol. The third-order valence-electron chi connectivity index (χ3n) is 6.18.